The van der Waals surface area contributed by atoms with E-state index in [1.54, 1.807) is 0 Å². The number of para-hydroxylation sites is 1. The zero-order valence-corrected chi connectivity index (χ0v) is 17.5. The highest BCUT2D eigenvalue weighted by atomic mass is 16.5. The Morgan fingerprint density at radius 3 is 2.60 bits per heavy atom. The summed E-state index contributed by atoms with van der Waals surface area (Å²) >= 11 is 0. The molecule has 0 bridgehead atoms. The average Bonchev–Trinajstić information content (AvgIpc) is 2.78. The maximum Gasteiger partial charge on any atom is 0.150 e. The Labute approximate surface area is 177 Å². The standard InChI is InChI=1S/C24H27N5O/c1-18-7-9-20(10-8-18)11-12-25-28-24-17-22(26-19(2)27-24)21-5-3-4-6-23(21)29-13-15-30-16-14-29/h3-10,12,17H,11,13-16H2,1-2H3,(H,26,27,28). The molecule has 1 N–H and O–H groups in total. The number of hydrazone groups is 1. The molecule has 1 aliphatic heterocycles. The highest BCUT2D eigenvalue weighted by molar-refractivity contribution is 5.77. The van der Waals surface area contributed by atoms with Crippen molar-refractivity contribution in [3.8, 4) is 11.3 Å². The van der Waals surface area contributed by atoms with Gasteiger partial charge in [-0.25, -0.2) is 9.97 Å². The van der Waals surface area contributed by atoms with Gasteiger partial charge in [0, 0.05) is 43.0 Å². The van der Waals surface area contributed by atoms with E-state index >= 15 is 0 Å². The second kappa shape index (κ2) is 9.50. The van der Waals surface area contributed by atoms with Crippen LogP contribution in [0.5, 0.6) is 0 Å². The SMILES string of the molecule is Cc1ccc(CC=NNc2cc(-c3ccccc3N3CCOCC3)nc(C)n2)cc1. The van der Waals surface area contributed by atoms with Crippen LogP contribution < -0.4 is 10.3 Å². The van der Waals surface area contributed by atoms with Crippen LogP contribution in [-0.2, 0) is 11.2 Å². The molecule has 1 saturated heterocycles. The molecule has 6 nitrogen and oxygen atoms in total. The Balaban J connectivity index is 1.51. The van der Waals surface area contributed by atoms with Crippen LogP contribution in [0, 0.1) is 13.8 Å². The molecule has 0 saturated carbocycles. The molecule has 3 aromatic rings. The quantitative estimate of drug-likeness (QED) is 0.494. The van der Waals surface area contributed by atoms with Gasteiger partial charge < -0.3 is 9.64 Å². The molecule has 0 amide bonds. The summed E-state index contributed by atoms with van der Waals surface area (Å²) in [7, 11) is 0. The van der Waals surface area contributed by atoms with Gasteiger partial charge in [-0.3, -0.25) is 5.43 Å². The van der Waals surface area contributed by atoms with E-state index in [4.69, 9.17) is 4.74 Å². The summed E-state index contributed by atoms with van der Waals surface area (Å²) in [6.07, 6.45) is 2.63. The molecule has 4 rings (SSSR count). The van der Waals surface area contributed by atoms with Crippen molar-refractivity contribution in [3.63, 3.8) is 0 Å². The highest BCUT2D eigenvalue weighted by Gasteiger charge is 2.16. The molecule has 2 heterocycles. The van der Waals surface area contributed by atoms with Crippen LogP contribution in [-0.4, -0.2) is 42.5 Å². The Morgan fingerprint density at radius 2 is 1.80 bits per heavy atom. The number of aromatic nitrogens is 2. The maximum absolute atomic E-state index is 5.50. The lowest BCUT2D eigenvalue weighted by Crippen LogP contribution is -2.36. The fourth-order valence-electron chi connectivity index (χ4n) is 3.52. The molecule has 0 aliphatic carbocycles. The molecule has 0 radical (unpaired) electrons. The third-order valence-corrected chi connectivity index (χ3v) is 5.09. The molecule has 1 aliphatic rings. The van der Waals surface area contributed by atoms with Crippen LogP contribution in [0.1, 0.15) is 17.0 Å². The van der Waals surface area contributed by atoms with E-state index in [1.165, 1.54) is 16.8 Å². The number of anilines is 2. The number of hydrogen-bond donors (Lipinski definition) is 1. The predicted molar refractivity (Wildman–Crippen MR) is 122 cm³/mol. The highest BCUT2D eigenvalue weighted by Crippen LogP contribution is 2.31. The molecule has 0 atom stereocenters. The average molecular weight is 402 g/mol. The van der Waals surface area contributed by atoms with E-state index in [0.717, 1.165) is 44.0 Å². The van der Waals surface area contributed by atoms with Gasteiger partial charge in [0.15, 0.2) is 0 Å². The monoisotopic (exact) mass is 401 g/mol. The number of nitrogens with zero attached hydrogens (tertiary/aromatic N) is 4. The minimum absolute atomic E-state index is 0.689. The fourth-order valence-corrected chi connectivity index (χ4v) is 3.52. The maximum atomic E-state index is 5.50. The van der Waals surface area contributed by atoms with Crippen molar-refractivity contribution in [1.82, 2.24) is 9.97 Å². The zero-order chi connectivity index (χ0) is 20.8. The number of hydrogen-bond acceptors (Lipinski definition) is 6. The smallest absolute Gasteiger partial charge is 0.150 e. The molecule has 154 valence electrons. The second-order valence-electron chi connectivity index (χ2n) is 7.42. The Kier molecular flexibility index (Phi) is 6.35. The number of nitrogens with one attached hydrogen (secondary N) is 1. The van der Waals surface area contributed by atoms with Crippen LogP contribution in [0.15, 0.2) is 59.7 Å². The first-order chi connectivity index (χ1) is 14.7. The lowest BCUT2D eigenvalue weighted by Gasteiger charge is -2.30. The van der Waals surface area contributed by atoms with Crippen LogP contribution in [0.3, 0.4) is 0 Å². The lowest BCUT2D eigenvalue weighted by molar-refractivity contribution is 0.123. The van der Waals surface area contributed by atoms with Gasteiger partial charge in [0.05, 0.1) is 18.9 Å². The Hall–Kier alpha value is -3.25. The van der Waals surface area contributed by atoms with E-state index < -0.39 is 0 Å². The summed E-state index contributed by atoms with van der Waals surface area (Å²) in [5.74, 6) is 1.40. The van der Waals surface area contributed by atoms with Crippen molar-refractivity contribution in [2.24, 2.45) is 5.10 Å². The Morgan fingerprint density at radius 1 is 1.03 bits per heavy atom. The molecule has 0 unspecified atom stereocenters. The van der Waals surface area contributed by atoms with Gasteiger partial charge in [-0.05, 0) is 25.5 Å². The predicted octanol–water partition coefficient (Wildman–Crippen LogP) is 4.24. The third-order valence-electron chi connectivity index (χ3n) is 5.09. The van der Waals surface area contributed by atoms with Crippen molar-refractivity contribution in [2.45, 2.75) is 20.3 Å². The molecule has 6 heteroatoms. The number of benzene rings is 2. The number of morpholine rings is 1. The van der Waals surface area contributed by atoms with E-state index in [0.29, 0.717) is 11.6 Å². The van der Waals surface area contributed by atoms with Crippen LogP contribution >= 0.6 is 0 Å². The first-order valence-corrected chi connectivity index (χ1v) is 10.3. The van der Waals surface area contributed by atoms with E-state index in [9.17, 15) is 0 Å². The van der Waals surface area contributed by atoms with Gasteiger partial charge in [0.2, 0.25) is 0 Å². The van der Waals surface area contributed by atoms with Gasteiger partial charge in [-0.1, -0.05) is 48.0 Å². The minimum atomic E-state index is 0.689. The number of rotatable bonds is 6. The first-order valence-electron chi connectivity index (χ1n) is 10.3. The number of ether oxygens (including phenoxy) is 1. The van der Waals surface area contributed by atoms with Crippen molar-refractivity contribution >= 4 is 17.7 Å². The van der Waals surface area contributed by atoms with E-state index in [1.807, 2.05) is 25.3 Å². The minimum Gasteiger partial charge on any atom is -0.378 e. The third kappa shape index (κ3) is 5.02. The van der Waals surface area contributed by atoms with Crippen molar-refractivity contribution in [1.29, 1.82) is 0 Å². The molecule has 2 aromatic carbocycles. The summed E-state index contributed by atoms with van der Waals surface area (Å²) in [5.41, 5.74) is 8.70. The summed E-state index contributed by atoms with van der Waals surface area (Å²) in [4.78, 5) is 11.5. The molecule has 1 aromatic heterocycles. The topological polar surface area (TPSA) is 62.6 Å². The van der Waals surface area contributed by atoms with Crippen LogP contribution in [0.2, 0.25) is 0 Å². The van der Waals surface area contributed by atoms with Crippen molar-refractivity contribution < 1.29 is 4.74 Å². The van der Waals surface area contributed by atoms with E-state index in [-0.39, 0.29) is 0 Å². The van der Waals surface area contributed by atoms with Gasteiger partial charge in [0.25, 0.3) is 0 Å². The molecule has 0 spiro atoms. The van der Waals surface area contributed by atoms with Gasteiger partial charge >= 0.3 is 0 Å². The first kappa shape index (κ1) is 20.0. The summed E-state index contributed by atoms with van der Waals surface area (Å²) in [6, 6.07) is 18.8. The van der Waals surface area contributed by atoms with Crippen molar-refractivity contribution in [3.05, 3.63) is 71.5 Å². The summed E-state index contributed by atoms with van der Waals surface area (Å²) in [5, 5.41) is 4.36. The zero-order valence-electron chi connectivity index (χ0n) is 17.5. The molecular weight excluding hydrogens is 374 g/mol. The largest absolute Gasteiger partial charge is 0.378 e. The molecule has 30 heavy (non-hydrogen) atoms. The van der Waals surface area contributed by atoms with Gasteiger partial charge in [-0.15, -0.1) is 0 Å². The Bertz CT molecular complexity index is 1010. The number of aryl methyl sites for hydroxylation is 2. The van der Waals surface area contributed by atoms with Crippen molar-refractivity contribution in [2.75, 3.05) is 36.6 Å². The van der Waals surface area contributed by atoms with Gasteiger partial charge in [0.1, 0.15) is 11.6 Å². The van der Waals surface area contributed by atoms with Crippen LogP contribution in [0.4, 0.5) is 11.5 Å². The normalized spacial score (nSPS) is 14.3. The summed E-state index contributed by atoms with van der Waals surface area (Å²) in [6.45, 7) is 7.26. The fraction of sp³-hybridized carbons (Fsp3) is 0.292. The van der Waals surface area contributed by atoms with Gasteiger partial charge in [-0.2, -0.15) is 5.10 Å². The molecule has 1 fully saturated rings. The van der Waals surface area contributed by atoms with E-state index in [2.05, 4.69) is 74.8 Å². The molecular formula is C24H27N5O. The lowest BCUT2D eigenvalue weighted by atomic mass is 10.1. The second-order valence-corrected chi connectivity index (χ2v) is 7.42. The van der Waals surface area contributed by atoms with Crippen LogP contribution in [0.25, 0.3) is 11.3 Å². The summed E-state index contributed by atoms with van der Waals surface area (Å²) < 4.78 is 5.50.